The van der Waals surface area contributed by atoms with Crippen molar-refractivity contribution in [3.8, 4) is 5.75 Å². The van der Waals surface area contributed by atoms with Crippen molar-refractivity contribution in [2.24, 2.45) is 0 Å². The van der Waals surface area contributed by atoms with Crippen LogP contribution in [0, 0.1) is 0 Å². The zero-order valence-corrected chi connectivity index (χ0v) is 19.4. The van der Waals surface area contributed by atoms with E-state index in [1.807, 2.05) is 57.1 Å². The van der Waals surface area contributed by atoms with Crippen LogP contribution >= 0.6 is 0 Å². The summed E-state index contributed by atoms with van der Waals surface area (Å²) in [4.78, 5) is 18.3. The third-order valence-electron chi connectivity index (χ3n) is 5.12. The first-order chi connectivity index (χ1) is 15.1. The van der Waals surface area contributed by atoms with E-state index in [9.17, 15) is 20.1 Å². The summed E-state index contributed by atoms with van der Waals surface area (Å²) in [6.07, 6.45) is 0.172. The first kappa shape index (κ1) is 25.7. The minimum absolute atomic E-state index is 0.00755. The van der Waals surface area contributed by atoms with Gasteiger partial charge in [0.15, 0.2) is 0 Å². The lowest BCUT2D eigenvalue weighted by Crippen LogP contribution is -2.43. The zero-order chi connectivity index (χ0) is 23.7. The quantitative estimate of drug-likeness (QED) is 0.333. The lowest BCUT2D eigenvalue weighted by molar-refractivity contribution is -0.120. The molecule has 1 aromatic carbocycles. The number of pyridine rings is 1. The van der Waals surface area contributed by atoms with Crippen LogP contribution < -0.4 is 10.6 Å². The summed E-state index contributed by atoms with van der Waals surface area (Å²) in [5.74, 6) is -0.0869. The second-order valence-electron chi connectivity index (χ2n) is 8.97. The van der Waals surface area contributed by atoms with Crippen LogP contribution in [0.5, 0.6) is 5.75 Å². The van der Waals surface area contributed by atoms with Gasteiger partial charge in [-0.1, -0.05) is 24.3 Å². The van der Waals surface area contributed by atoms with Crippen LogP contribution in [0.3, 0.4) is 0 Å². The highest BCUT2D eigenvalue weighted by Gasteiger charge is 2.21. The number of aromatic nitrogens is 1. The van der Waals surface area contributed by atoms with Crippen LogP contribution in [0.4, 0.5) is 0 Å². The molecule has 1 heterocycles. The van der Waals surface area contributed by atoms with Gasteiger partial charge in [-0.3, -0.25) is 4.79 Å². The normalized spacial score (nSPS) is 12.7. The molecule has 1 atom stereocenters. The summed E-state index contributed by atoms with van der Waals surface area (Å²) < 4.78 is 0. The number of aromatic hydroxyl groups is 1. The summed E-state index contributed by atoms with van der Waals surface area (Å²) in [5, 5.41) is 35.6. The average Bonchev–Trinajstić information content (AvgIpc) is 2.72. The smallest absolute Gasteiger partial charge is 0.224 e. The number of carbonyl (C=O) groups excluding carboxylic acids is 1. The molecule has 8 heteroatoms. The molecule has 2 aromatic rings. The monoisotopic (exact) mass is 444 g/mol. The Morgan fingerprint density at radius 1 is 1.19 bits per heavy atom. The van der Waals surface area contributed by atoms with Crippen LogP contribution in [0.1, 0.15) is 42.5 Å². The van der Waals surface area contributed by atoms with Crippen molar-refractivity contribution in [3.63, 3.8) is 0 Å². The molecule has 5 N–H and O–H groups in total. The summed E-state index contributed by atoms with van der Waals surface area (Å²) >= 11 is 0. The van der Waals surface area contributed by atoms with Crippen molar-refractivity contribution in [1.29, 1.82) is 0 Å². The largest absolute Gasteiger partial charge is 0.506 e. The summed E-state index contributed by atoms with van der Waals surface area (Å²) in [6, 6.07) is 10.9. The van der Waals surface area contributed by atoms with Crippen molar-refractivity contribution >= 4 is 5.91 Å². The number of hydrogen-bond donors (Lipinski definition) is 5. The standard InChI is InChI=1S/C24H36N4O4/c1-24(2,26-15-22(31)19-8-9-21(30)20(16-29)27-19)14-18-7-5-6-17(12-18)13-23(32)25-10-11-28(3)4/h5-9,12,22,26,29-31H,10-11,13-16H2,1-4H3,(H,25,32). The van der Waals surface area contributed by atoms with Crippen LogP contribution in [0.25, 0.3) is 0 Å². The maximum atomic E-state index is 12.2. The number of nitrogens with one attached hydrogen (secondary N) is 2. The topological polar surface area (TPSA) is 118 Å². The van der Waals surface area contributed by atoms with Gasteiger partial charge < -0.3 is 30.9 Å². The molecule has 32 heavy (non-hydrogen) atoms. The molecular weight excluding hydrogens is 408 g/mol. The summed E-state index contributed by atoms with van der Waals surface area (Å²) in [5.41, 5.74) is 2.27. The molecule has 0 bridgehead atoms. The number of rotatable bonds is 12. The first-order valence-electron chi connectivity index (χ1n) is 10.8. The second kappa shape index (κ2) is 11.9. The van der Waals surface area contributed by atoms with Gasteiger partial charge in [-0.15, -0.1) is 0 Å². The second-order valence-corrected chi connectivity index (χ2v) is 8.97. The van der Waals surface area contributed by atoms with E-state index in [4.69, 9.17) is 0 Å². The maximum Gasteiger partial charge on any atom is 0.224 e. The summed E-state index contributed by atoms with van der Waals surface area (Å²) in [7, 11) is 3.94. The lowest BCUT2D eigenvalue weighted by Gasteiger charge is -2.28. The van der Waals surface area contributed by atoms with E-state index in [0.717, 1.165) is 17.7 Å². The summed E-state index contributed by atoms with van der Waals surface area (Å²) in [6.45, 7) is 5.39. The molecule has 0 radical (unpaired) electrons. The van der Waals surface area contributed by atoms with E-state index < -0.39 is 12.7 Å². The number of aliphatic hydroxyl groups excluding tert-OH is 2. The number of nitrogens with zero attached hydrogens (tertiary/aromatic N) is 2. The number of hydrogen-bond acceptors (Lipinski definition) is 7. The van der Waals surface area contributed by atoms with E-state index in [0.29, 0.717) is 25.1 Å². The van der Waals surface area contributed by atoms with Gasteiger partial charge in [0.25, 0.3) is 0 Å². The molecule has 0 saturated carbocycles. The van der Waals surface area contributed by atoms with Gasteiger partial charge >= 0.3 is 0 Å². The number of aliphatic hydroxyl groups is 2. The number of amides is 1. The van der Waals surface area contributed by atoms with Crippen molar-refractivity contribution < 1.29 is 20.1 Å². The van der Waals surface area contributed by atoms with Crippen LogP contribution in [0.15, 0.2) is 36.4 Å². The molecule has 0 saturated heterocycles. The van der Waals surface area contributed by atoms with E-state index in [1.54, 1.807) is 6.07 Å². The van der Waals surface area contributed by atoms with Crippen molar-refractivity contribution in [2.75, 3.05) is 33.7 Å². The van der Waals surface area contributed by atoms with Gasteiger partial charge in [0.2, 0.25) is 5.91 Å². The van der Waals surface area contributed by atoms with Gasteiger partial charge in [0, 0.05) is 25.2 Å². The van der Waals surface area contributed by atoms with Gasteiger partial charge in [-0.2, -0.15) is 0 Å². The molecule has 1 unspecified atom stereocenters. The highest BCUT2D eigenvalue weighted by atomic mass is 16.3. The van der Waals surface area contributed by atoms with Gasteiger partial charge in [-0.05, 0) is 57.6 Å². The Bertz CT molecular complexity index is 886. The third-order valence-corrected chi connectivity index (χ3v) is 5.12. The Labute approximate surface area is 190 Å². The van der Waals surface area contributed by atoms with E-state index in [2.05, 4.69) is 15.6 Å². The molecule has 0 spiro atoms. The molecule has 1 amide bonds. The van der Waals surface area contributed by atoms with E-state index in [-0.39, 0.29) is 29.4 Å². The fraction of sp³-hybridized carbons (Fsp3) is 0.500. The highest BCUT2D eigenvalue weighted by Crippen LogP contribution is 2.20. The molecule has 0 aliphatic carbocycles. The molecule has 2 rings (SSSR count). The average molecular weight is 445 g/mol. The fourth-order valence-electron chi connectivity index (χ4n) is 3.38. The number of β-amino-alcohol motifs (C(OH)–C–C–N with tert-alkyl or cyclic N) is 1. The molecule has 176 valence electrons. The molecule has 0 fully saturated rings. The predicted octanol–water partition coefficient (Wildman–Crippen LogP) is 1.14. The Balaban J connectivity index is 1.91. The lowest BCUT2D eigenvalue weighted by atomic mass is 9.93. The third kappa shape index (κ3) is 8.55. The van der Waals surface area contributed by atoms with Crippen molar-refractivity contribution in [2.45, 2.75) is 44.9 Å². The highest BCUT2D eigenvalue weighted by molar-refractivity contribution is 5.78. The van der Waals surface area contributed by atoms with Gasteiger partial charge in [0.05, 0.1) is 18.7 Å². The van der Waals surface area contributed by atoms with Crippen LogP contribution in [-0.4, -0.2) is 70.4 Å². The maximum absolute atomic E-state index is 12.2. The van der Waals surface area contributed by atoms with Gasteiger partial charge in [0.1, 0.15) is 17.5 Å². The molecule has 1 aromatic heterocycles. The minimum atomic E-state index is -0.877. The number of carbonyl (C=O) groups is 1. The number of likely N-dealkylation sites (N-methyl/N-ethyl adjacent to an activating group) is 1. The van der Waals surface area contributed by atoms with E-state index in [1.165, 1.54) is 6.07 Å². The Morgan fingerprint density at radius 3 is 2.59 bits per heavy atom. The molecule has 0 aliphatic rings. The van der Waals surface area contributed by atoms with Gasteiger partial charge in [-0.25, -0.2) is 4.98 Å². The Hall–Kier alpha value is -2.52. The zero-order valence-electron chi connectivity index (χ0n) is 19.4. The van der Waals surface area contributed by atoms with Crippen LogP contribution in [0.2, 0.25) is 0 Å². The minimum Gasteiger partial charge on any atom is -0.506 e. The Kier molecular flexibility index (Phi) is 9.59. The van der Waals surface area contributed by atoms with E-state index >= 15 is 0 Å². The predicted molar refractivity (Wildman–Crippen MR) is 124 cm³/mol. The number of benzene rings is 1. The van der Waals surface area contributed by atoms with Crippen molar-refractivity contribution in [1.82, 2.24) is 20.5 Å². The van der Waals surface area contributed by atoms with Crippen LogP contribution in [-0.2, 0) is 24.2 Å². The Morgan fingerprint density at radius 2 is 1.91 bits per heavy atom. The SMILES string of the molecule is CN(C)CCNC(=O)Cc1cccc(CC(C)(C)NCC(O)c2ccc(O)c(CO)n2)c1. The van der Waals surface area contributed by atoms with Crippen molar-refractivity contribution in [3.05, 3.63) is 58.9 Å². The molecule has 8 nitrogen and oxygen atoms in total. The fourth-order valence-corrected chi connectivity index (χ4v) is 3.38. The molecular formula is C24H36N4O4. The first-order valence-corrected chi connectivity index (χ1v) is 10.8. The molecule has 0 aliphatic heterocycles.